The van der Waals surface area contributed by atoms with E-state index in [1.807, 2.05) is 57.2 Å². The minimum Gasteiger partial charge on any atom is -0.491 e. The summed E-state index contributed by atoms with van der Waals surface area (Å²) in [6.07, 6.45) is 0.679. The number of ether oxygens (including phenoxy) is 1. The van der Waals surface area contributed by atoms with Gasteiger partial charge in [-0.2, -0.15) is 0 Å². The third kappa shape index (κ3) is 5.06. The lowest BCUT2D eigenvalue weighted by Gasteiger charge is -2.16. The summed E-state index contributed by atoms with van der Waals surface area (Å²) in [4.78, 5) is 17.1. The molecule has 0 aliphatic carbocycles. The van der Waals surface area contributed by atoms with Crippen LogP contribution in [-0.2, 0) is 6.42 Å². The number of amides is 1. The van der Waals surface area contributed by atoms with Crippen molar-refractivity contribution >= 4 is 5.91 Å². The van der Waals surface area contributed by atoms with Crippen molar-refractivity contribution in [3.63, 3.8) is 0 Å². The van der Waals surface area contributed by atoms with Gasteiger partial charge in [0.05, 0.1) is 5.56 Å². The quantitative estimate of drug-likeness (QED) is 0.818. The Balaban J connectivity index is 2.07. The van der Waals surface area contributed by atoms with E-state index < -0.39 is 0 Å². The number of carbonyl (C=O) groups excluding carboxylic acids is 1. The highest BCUT2D eigenvalue weighted by Gasteiger charge is 2.16. The molecular formula is C19H25N3O2. The first-order valence-corrected chi connectivity index (χ1v) is 8.16. The van der Waals surface area contributed by atoms with Crippen molar-refractivity contribution in [1.29, 1.82) is 0 Å². The molecule has 0 radical (unpaired) electrons. The van der Waals surface area contributed by atoms with Gasteiger partial charge in [0.2, 0.25) is 0 Å². The van der Waals surface area contributed by atoms with E-state index in [0.717, 1.165) is 17.0 Å². The Morgan fingerprint density at radius 1 is 1.29 bits per heavy atom. The molecule has 0 spiro atoms. The zero-order valence-corrected chi connectivity index (χ0v) is 14.5. The standard InChI is InChI=1S/C19H25N3O2/c1-13-7-8-18(24-10-9-20)17(11-13)19(23)22-15(3)12-16-6-4-5-14(2)21-16/h4-8,11,15H,9-10,12,20H2,1-3H3,(H,22,23)/t15-/m1/s1. The van der Waals surface area contributed by atoms with Crippen LogP contribution in [0.5, 0.6) is 5.75 Å². The van der Waals surface area contributed by atoms with Crippen LogP contribution >= 0.6 is 0 Å². The zero-order chi connectivity index (χ0) is 17.5. The number of nitrogens with two attached hydrogens (primary N) is 1. The summed E-state index contributed by atoms with van der Waals surface area (Å²) in [5.41, 5.74) is 8.96. The first-order chi connectivity index (χ1) is 11.5. The van der Waals surface area contributed by atoms with Gasteiger partial charge in [0.1, 0.15) is 12.4 Å². The molecule has 1 aromatic carbocycles. The Bertz CT molecular complexity index is 701. The number of nitrogens with one attached hydrogen (secondary N) is 1. The van der Waals surface area contributed by atoms with Gasteiger partial charge >= 0.3 is 0 Å². The fourth-order valence-electron chi connectivity index (χ4n) is 2.50. The third-order valence-corrected chi connectivity index (χ3v) is 3.59. The van der Waals surface area contributed by atoms with Crippen LogP contribution in [0.2, 0.25) is 0 Å². The number of rotatable bonds is 7. The number of hydrogen-bond acceptors (Lipinski definition) is 4. The third-order valence-electron chi connectivity index (χ3n) is 3.59. The van der Waals surface area contributed by atoms with E-state index in [2.05, 4.69) is 10.3 Å². The summed E-state index contributed by atoms with van der Waals surface area (Å²) in [6, 6.07) is 11.4. The van der Waals surface area contributed by atoms with Crippen molar-refractivity contribution in [3.05, 3.63) is 58.9 Å². The molecule has 3 N–H and O–H groups in total. The highest BCUT2D eigenvalue weighted by Crippen LogP contribution is 2.20. The van der Waals surface area contributed by atoms with E-state index in [9.17, 15) is 4.79 Å². The smallest absolute Gasteiger partial charge is 0.255 e. The van der Waals surface area contributed by atoms with Crippen LogP contribution in [0.4, 0.5) is 0 Å². The fourth-order valence-corrected chi connectivity index (χ4v) is 2.50. The van der Waals surface area contributed by atoms with Crippen LogP contribution in [0, 0.1) is 13.8 Å². The lowest BCUT2D eigenvalue weighted by Crippen LogP contribution is -2.34. The predicted octanol–water partition coefficient (Wildman–Crippen LogP) is 2.40. The van der Waals surface area contributed by atoms with Crippen molar-refractivity contribution in [1.82, 2.24) is 10.3 Å². The molecule has 0 unspecified atom stereocenters. The Hall–Kier alpha value is -2.40. The van der Waals surface area contributed by atoms with Crippen molar-refractivity contribution in [2.45, 2.75) is 33.2 Å². The highest BCUT2D eigenvalue weighted by molar-refractivity contribution is 5.97. The summed E-state index contributed by atoms with van der Waals surface area (Å²) in [7, 11) is 0. The Kier molecular flexibility index (Phi) is 6.32. The number of pyridine rings is 1. The van der Waals surface area contributed by atoms with Gasteiger partial charge in [0, 0.05) is 30.4 Å². The van der Waals surface area contributed by atoms with Crippen LogP contribution in [-0.4, -0.2) is 30.1 Å². The average Bonchev–Trinajstić information content (AvgIpc) is 2.53. The molecule has 1 atom stereocenters. The van der Waals surface area contributed by atoms with E-state index in [1.54, 1.807) is 0 Å². The maximum absolute atomic E-state index is 12.6. The number of nitrogens with zero attached hydrogens (tertiary/aromatic N) is 1. The van der Waals surface area contributed by atoms with E-state index in [0.29, 0.717) is 30.9 Å². The second kappa shape index (κ2) is 8.45. The molecule has 1 aromatic heterocycles. The molecule has 2 rings (SSSR count). The highest BCUT2D eigenvalue weighted by atomic mass is 16.5. The molecular weight excluding hydrogens is 302 g/mol. The molecule has 0 aliphatic heterocycles. The maximum Gasteiger partial charge on any atom is 0.255 e. The van der Waals surface area contributed by atoms with Crippen molar-refractivity contribution < 1.29 is 9.53 Å². The largest absolute Gasteiger partial charge is 0.491 e. The van der Waals surface area contributed by atoms with Gasteiger partial charge in [0.15, 0.2) is 0 Å². The molecule has 2 aromatic rings. The van der Waals surface area contributed by atoms with Crippen LogP contribution < -0.4 is 15.8 Å². The molecule has 1 amide bonds. The molecule has 1 heterocycles. The lowest BCUT2D eigenvalue weighted by atomic mass is 10.1. The van der Waals surface area contributed by atoms with Gasteiger partial charge in [-0.15, -0.1) is 0 Å². The van der Waals surface area contributed by atoms with Crippen molar-refractivity contribution in [3.8, 4) is 5.75 Å². The number of benzene rings is 1. The second-order valence-corrected chi connectivity index (χ2v) is 5.99. The van der Waals surface area contributed by atoms with Crippen LogP contribution in [0.3, 0.4) is 0 Å². The zero-order valence-electron chi connectivity index (χ0n) is 14.5. The van der Waals surface area contributed by atoms with Crippen molar-refractivity contribution in [2.24, 2.45) is 5.73 Å². The van der Waals surface area contributed by atoms with Crippen LogP contribution in [0.15, 0.2) is 36.4 Å². The first-order valence-electron chi connectivity index (χ1n) is 8.16. The van der Waals surface area contributed by atoms with E-state index in [-0.39, 0.29) is 11.9 Å². The Morgan fingerprint density at radius 2 is 2.08 bits per heavy atom. The monoisotopic (exact) mass is 327 g/mol. The minimum atomic E-state index is -0.147. The summed E-state index contributed by atoms with van der Waals surface area (Å²) in [5, 5.41) is 3.02. The van der Waals surface area contributed by atoms with Gasteiger partial charge in [-0.05, 0) is 45.0 Å². The predicted molar refractivity (Wildman–Crippen MR) is 95.3 cm³/mol. The van der Waals surface area contributed by atoms with E-state index in [1.165, 1.54) is 0 Å². The molecule has 0 aliphatic rings. The van der Waals surface area contributed by atoms with Gasteiger partial charge < -0.3 is 15.8 Å². The summed E-state index contributed by atoms with van der Waals surface area (Å²) < 4.78 is 5.58. The van der Waals surface area contributed by atoms with Gasteiger partial charge in [0.25, 0.3) is 5.91 Å². The number of aryl methyl sites for hydroxylation is 2. The summed E-state index contributed by atoms with van der Waals surface area (Å²) >= 11 is 0. The number of aromatic nitrogens is 1. The van der Waals surface area contributed by atoms with E-state index >= 15 is 0 Å². The summed E-state index contributed by atoms with van der Waals surface area (Å²) in [6.45, 7) is 6.67. The lowest BCUT2D eigenvalue weighted by molar-refractivity contribution is 0.0936. The SMILES string of the molecule is Cc1ccc(OCCN)c(C(=O)N[C@H](C)Cc2cccc(C)n2)c1. The normalized spacial score (nSPS) is 11.8. The van der Waals surface area contributed by atoms with Gasteiger partial charge in [-0.3, -0.25) is 9.78 Å². The molecule has 5 nitrogen and oxygen atoms in total. The summed E-state index contributed by atoms with van der Waals surface area (Å²) in [5.74, 6) is 0.412. The number of hydrogen-bond donors (Lipinski definition) is 2. The van der Waals surface area contributed by atoms with Gasteiger partial charge in [-0.1, -0.05) is 17.7 Å². The topological polar surface area (TPSA) is 77.2 Å². The molecule has 0 fully saturated rings. The molecule has 24 heavy (non-hydrogen) atoms. The van der Waals surface area contributed by atoms with E-state index in [4.69, 9.17) is 10.5 Å². The maximum atomic E-state index is 12.6. The van der Waals surface area contributed by atoms with Gasteiger partial charge in [-0.25, -0.2) is 0 Å². The average molecular weight is 327 g/mol. The van der Waals surface area contributed by atoms with Crippen molar-refractivity contribution in [2.75, 3.05) is 13.2 Å². The second-order valence-electron chi connectivity index (χ2n) is 5.99. The fraction of sp³-hybridized carbons (Fsp3) is 0.368. The Morgan fingerprint density at radius 3 is 2.79 bits per heavy atom. The van der Waals surface area contributed by atoms with Crippen LogP contribution in [0.1, 0.15) is 34.2 Å². The van der Waals surface area contributed by atoms with Crippen LogP contribution in [0.25, 0.3) is 0 Å². The first kappa shape index (κ1) is 17.9. The molecule has 128 valence electrons. The molecule has 0 saturated heterocycles. The number of carbonyl (C=O) groups is 1. The molecule has 5 heteroatoms. The Labute approximate surface area is 143 Å². The molecule has 0 saturated carbocycles. The molecule has 0 bridgehead atoms. The minimum absolute atomic E-state index is 0.0327.